The molecule has 1 amide bonds. The van der Waals surface area contributed by atoms with Crippen LogP contribution in [0.25, 0.3) is 6.08 Å². The van der Waals surface area contributed by atoms with Crippen molar-refractivity contribution in [2.45, 2.75) is 0 Å². The highest BCUT2D eigenvalue weighted by Gasteiger charge is 2.24. The number of benzene rings is 2. The lowest BCUT2D eigenvalue weighted by Crippen LogP contribution is -2.19. The fraction of sp³-hybridized carbons (Fsp3) is 0.111. The number of methoxy groups -OCH3 is 2. The third kappa shape index (κ3) is 3.77. The molecule has 2 N–H and O–H groups in total. The Kier molecular flexibility index (Phi) is 4.95. The Balaban J connectivity index is 1.89. The van der Waals surface area contributed by atoms with Crippen molar-refractivity contribution in [3.05, 3.63) is 52.9 Å². The molecule has 6 nitrogen and oxygen atoms in total. The molecule has 0 bridgehead atoms. The number of amidine groups is 1. The smallest absolute Gasteiger partial charge is 0.264 e. The maximum Gasteiger partial charge on any atom is 0.264 e. The lowest BCUT2D eigenvalue weighted by Gasteiger charge is -2.09. The zero-order valence-electron chi connectivity index (χ0n) is 13.6. The molecule has 25 heavy (non-hydrogen) atoms. The number of phenolic OH excluding ortho intramolecular Hbond substituents is 1. The van der Waals surface area contributed by atoms with Crippen molar-refractivity contribution in [2.24, 2.45) is 4.99 Å². The van der Waals surface area contributed by atoms with Crippen LogP contribution in [-0.2, 0) is 4.79 Å². The quantitative estimate of drug-likeness (QED) is 0.822. The van der Waals surface area contributed by atoms with Crippen LogP contribution in [0.1, 0.15) is 5.56 Å². The number of aliphatic imine (C=N–C) groups is 1. The number of ether oxygens (including phenoxy) is 2. The van der Waals surface area contributed by atoms with Crippen LogP contribution in [0.4, 0.5) is 5.69 Å². The van der Waals surface area contributed by atoms with Gasteiger partial charge in [0.2, 0.25) is 5.75 Å². The number of rotatable bonds is 4. The molecule has 3 rings (SSSR count). The highest BCUT2D eigenvalue weighted by atomic mass is 32.2. The zero-order valence-corrected chi connectivity index (χ0v) is 14.5. The van der Waals surface area contributed by atoms with E-state index in [-0.39, 0.29) is 23.2 Å². The van der Waals surface area contributed by atoms with Crippen LogP contribution in [-0.4, -0.2) is 30.4 Å². The minimum atomic E-state index is -0.231. The van der Waals surface area contributed by atoms with Gasteiger partial charge < -0.3 is 19.9 Å². The van der Waals surface area contributed by atoms with Crippen molar-refractivity contribution in [2.75, 3.05) is 14.2 Å². The number of phenols is 1. The van der Waals surface area contributed by atoms with Crippen molar-refractivity contribution < 1.29 is 19.4 Å². The van der Waals surface area contributed by atoms with E-state index in [1.165, 1.54) is 26.0 Å². The summed E-state index contributed by atoms with van der Waals surface area (Å²) in [6, 6.07) is 12.6. The Labute approximate surface area is 149 Å². The summed E-state index contributed by atoms with van der Waals surface area (Å²) in [7, 11) is 2.90. The van der Waals surface area contributed by atoms with Gasteiger partial charge >= 0.3 is 0 Å². The molecule has 0 radical (unpaired) electrons. The van der Waals surface area contributed by atoms with E-state index in [1.54, 1.807) is 18.2 Å². The largest absolute Gasteiger partial charge is 0.502 e. The first-order valence-electron chi connectivity index (χ1n) is 7.40. The Morgan fingerprint density at radius 2 is 1.76 bits per heavy atom. The van der Waals surface area contributed by atoms with Gasteiger partial charge in [-0.1, -0.05) is 18.2 Å². The molecule has 2 aromatic carbocycles. The lowest BCUT2D eigenvalue weighted by molar-refractivity contribution is -0.115. The molecule has 2 aromatic rings. The summed E-state index contributed by atoms with van der Waals surface area (Å²) in [6.45, 7) is 0. The highest BCUT2D eigenvalue weighted by molar-refractivity contribution is 8.18. The molecule has 0 spiro atoms. The standard InChI is InChI=1S/C18H16N2O4S/c1-23-13-8-11(9-14(24-2)16(13)21)10-15-17(22)20-18(25-15)19-12-6-4-3-5-7-12/h3-10,21H,1-2H3,(H,19,20,22)/b15-10+. The van der Waals surface area contributed by atoms with Gasteiger partial charge in [0, 0.05) is 0 Å². The van der Waals surface area contributed by atoms with Crippen molar-refractivity contribution in [3.63, 3.8) is 0 Å². The van der Waals surface area contributed by atoms with Gasteiger partial charge in [0.15, 0.2) is 16.7 Å². The number of hydrogen-bond acceptors (Lipinski definition) is 6. The molecule has 0 aromatic heterocycles. The van der Waals surface area contributed by atoms with E-state index in [2.05, 4.69) is 10.3 Å². The van der Waals surface area contributed by atoms with Gasteiger partial charge in [0.05, 0.1) is 24.8 Å². The molecule has 1 aliphatic heterocycles. The number of nitrogens with one attached hydrogen (secondary N) is 1. The van der Waals surface area contributed by atoms with Crippen molar-refractivity contribution in [3.8, 4) is 17.2 Å². The third-order valence-electron chi connectivity index (χ3n) is 3.44. The van der Waals surface area contributed by atoms with Crippen molar-refractivity contribution in [1.82, 2.24) is 5.32 Å². The average Bonchev–Trinajstić information content (AvgIpc) is 2.96. The first-order chi connectivity index (χ1) is 12.1. The van der Waals surface area contributed by atoms with E-state index >= 15 is 0 Å². The SMILES string of the molecule is COc1cc(/C=C2/SC(=Nc3ccccc3)NC2=O)cc(OC)c1O. The van der Waals surface area contributed by atoms with E-state index < -0.39 is 0 Å². The molecule has 128 valence electrons. The van der Waals surface area contributed by atoms with E-state index in [1.807, 2.05) is 30.3 Å². The molecular weight excluding hydrogens is 340 g/mol. The topological polar surface area (TPSA) is 80.2 Å². The first-order valence-corrected chi connectivity index (χ1v) is 8.22. The number of amides is 1. The summed E-state index contributed by atoms with van der Waals surface area (Å²) in [5.41, 5.74) is 1.43. The monoisotopic (exact) mass is 356 g/mol. The number of thioether (sulfide) groups is 1. The van der Waals surface area contributed by atoms with E-state index in [0.29, 0.717) is 15.6 Å². The summed E-state index contributed by atoms with van der Waals surface area (Å²) in [5.74, 6) is 0.230. The normalized spacial score (nSPS) is 17.0. The van der Waals surface area contributed by atoms with Gasteiger partial charge in [-0.25, -0.2) is 4.99 Å². The van der Waals surface area contributed by atoms with Gasteiger partial charge in [0.1, 0.15) is 0 Å². The number of carbonyl (C=O) groups is 1. The molecular formula is C18H16N2O4S. The molecule has 1 fully saturated rings. The second kappa shape index (κ2) is 7.31. The van der Waals surface area contributed by atoms with Gasteiger partial charge in [-0.15, -0.1) is 0 Å². The number of para-hydroxylation sites is 1. The maximum absolute atomic E-state index is 12.2. The van der Waals surface area contributed by atoms with E-state index in [4.69, 9.17) is 9.47 Å². The number of aromatic hydroxyl groups is 1. The molecule has 0 atom stereocenters. The third-order valence-corrected chi connectivity index (χ3v) is 4.35. The van der Waals surface area contributed by atoms with E-state index in [9.17, 15) is 9.90 Å². The van der Waals surface area contributed by atoms with Crippen LogP contribution in [0, 0.1) is 0 Å². The number of carbonyl (C=O) groups excluding carboxylic acids is 1. The van der Waals surface area contributed by atoms with Crippen LogP contribution >= 0.6 is 11.8 Å². The summed E-state index contributed by atoms with van der Waals surface area (Å²) in [5, 5.41) is 13.2. The predicted octanol–water partition coefficient (Wildman–Crippen LogP) is 3.30. The number of hydrogen-bond donors (Lipinski definition) is 2. The van der Waals surface area contributed by atoms with Crippen LogP contribution in [0.3, 0.4) is 0 Å². The number of nitrogens with zero attached hydrogens (tertiary/aromatic N) is 1. The van der Waals surface area contributed by atoms with Crippen molar-refractivity contribution in [1.29, 1.82) is 0 Å². The Morgan fingerprint density at radius 1 is 1.12 bits per heavy atom. The van der Waals surface area contributed by atoms with Gasteiger partial charge in [-0.3, -0.25) is 4.79 Å². The Hall–Kier alpha value is -2.93. The zero-order chi connectivity index (χ0) is 17.8. The maximum atomic E-state index is 12.2. The molecule has 7 heteroatoms. The van der Waals surface area contributed by atoms with Crippen LogP contribution in [0.15, 0.2) is 52.4 Å². The van der Waals surface area contributed by atoms with E-state index in [0.717, 1.165) is 5.69 Å². The van der Waals surface area contributed by atoms with Gasteiger partial charge in [-0.05, 0) is 47.7 Å². The molecule has 0 unspecified atom stereocenters. The predicted molar refractivity (Wildman–Crippen MR) is 98.5 cm³/mol. The average molecular weight is 356 g/mol. The summed E-state index contributed by atoms with van der Waals surface area (Å²) in [4.78, 5) is 17.1. The molecule has 0 aliphatic carbocycles. The minimum absolute atomic E-state index is 0.0815. The fourth-order valence-corrected chi connectivity index (χ4v) is 3.09. The highest BCUT2D eigenvalue weighted by Crippen LogP contribution is 2.38. The minimum Gasteiger partial charge on any atom is -0.502 e. The summed E-state index contributed by atoms with van der Waals surface area (Å²) < 4.78 is 10.3. The Morgan fingerprint density at radius 3 is 2.36 bits per heavy atom. The van der Waals surface area contributed by atoms with Gasteiger partial charge in [0.25, 0.3) is 5.91 Å². The van der Waals surface area contributed by atoms with Crippen LogP contribution in [0.5, 0.6) is 17.2 Å². The lowest BCUT2D eigenvalue weighted by atomic mass is 10.1. The van der Waals surface area contributed by atoms with Crippen molar-refractivity contribution >= 4 is 34.6 Å². The molecule has 1 saturated heterocycles. The van der Waals surface area contributed by atoms with Crippen LogP contribution < -0.4 is 14.8 Å². The second-order valence-corrected chi connectivity index (χ2v) is 6.12. The molecule has 0 saturated carbocycles. The Bertz CT molecular complexity index is 838. The first kappa shape index (κ1) is 16.9. The van der Waals surface area contributed by atoms with Crippen LogP contribution in [0.2, 0.25) is 0 Å². The van der Waals surface area contributed by atoms with Gasteiger partial charge in [-0.2, -0.15) is 0 Å². The molecule has 1 heterocycles. The molecule has 1 aliphatic rings. The second-order valence-electron chi connectivity index (χ2n) is 5.09. The fourth-order valence-electron chi connectivity index (χ4n) is 2.25. The summed E-state index contributed by atoms with van der Waals surface area (Å²) in [6.07, 6.45) is 1.69. The summed E-state index contributed by atoms with van der Waals surface area (Å²) >= 11 is 1.25.